The Kier molecular flexibility index (Phi) is 2.24. The van der Waals surface area contributed by atoms with Gasteiger partial charge in [0.15, 0.2) is 5.78 Å². The van der Waals surface area contributed by atoms with Gasteiger partial charge in [0, 0.05) is 6.42 Å². The first-order valence-electron chi connectivity index (χ1n) is 5.00. The van der Waals surface area contributed by atoms with E-state index in [1.54, 1.807) is 6.08 Å². The van der Waals surface area contributed by atoms with Gasteiger partial charge in [-0.15, -0.1) is 0 Å². The van der Waals surface area contributed by atoms with E-state index in [0.29, 0.717) is 12.3 Å². The molecule has 0 atom stereocenters. The van der Waals surface area contributed by atoms with Crippen LogP contribution >= 0.6 is 0 Å². The Labute approximate surface area is 84.5 Å². The number of carbonyl (C=O) groups excluding carboxylic acids is 1. The average Bonchev–Trinajstić information content (AvgIpc) is 2.16. The van der Waals surface area contributed by atoms with Gasteiger partial charge in [0.25, 0.3) is 0 Å². The first-order chi connectivity index (χ1) is 6.66. The van der Waals surface area contributed by atoms with Gasteiger partial charge in [0.1, 0.15) is 0 Å². The van der Waals surface area contributed by atoms with Gasteiger partial charge in [-0.25, -0.2) is 0 Å². The quantitative estimate of drug-likeness (QED) is 0.659. The summed E-state index contributed by atoms with van der Waals surface area (Å²) in [6.45, 7) is 4.36. The van der Waals surface area contributed by atoms with Crippen LogP contribution < -0.4 is 0 Å². The highest BCUT2D eigenvalue weighted by molar-refractivity contribution is 5.98. The molecule has 0 spiro atoms. The van der Waals surface area contributed by atoms with E-state index in [-0.39, 0.29) is 5.78 Å². The van der Waals surface area contributed by atoms with E-state index in [0.717, 1.165) is 5.56 Å². The van der Waals surface area contributed by atoms with E-state index in [4.69, 9.17) is 0 Å². The number of fused-ring (bicyclic) bond motifs is 1. The zero-order valence-electron chi connectivity index (χ0n) is 8.58. The van der Waals surface area contributed by atoms with Gasteiger partial charge in [-0.2, -0.15) is 0 Å². The Morgan fingerprint density at radius 1 is 1.21 bits per heavy atom. The zero-order valence-corrected chi connectivity index (χ0v) is 8.58. The summed E-state index contributed by atoms with van der Waals surface area (Å²) in [6, 6.07) is 6.38. The van der Waals surface area contributed by atoms with Crippen LogP contribution in [0.4, 0.5) is 0 Å². The Morgan fingerprint density at radius 2 is 2.00 bits per heavy atom. The summed E-state index contributed by atoms with van der Waals surface area (Å²) < 4.78 is 0. The zero-order chi connectivity index (χ0) is 10.1. The van der Waals surface area contributed by atoms with Crippen molar-refractivity contribution in [3.8, 4) is 0 Å². The average molecular weight is 186 g/mol. The molecular weight excluding hydrogens is 172 g/mol. The molecule has 0 amide bonds. The first-order valence-corrected chi connectivity index (χ1v) is 5.00. The number of allylic oxidation sites excluding steroid dienone is 1. The van der Waals surface area contributed by atoms with Crippen LogP contribution in [0.1, 0.15) is 36.5 Å². The normalized spacial score (nSPS) is 14.6. The van der Waals surface area contributed by atoms with Crippen molar-refractivity contribution in [2.24, 2.45) is 0 Å². The minimum Gasteiger partial charge on any atom is -0.294 e. The van der Waals surface area contributed by atoms with Crippen molar-refractivity contribution >= 4 is 11.9 Å². The van der Waals surface area contributed by atoms with Crippen molar-refractivity contribution in [3.05, 3.63) is 41.0 Å². The van der Waals surface area contributed by atoms with Crippen molar-refractivity contribution in [2.45, 2.75) is 26.2 Å². The molecule has 1 aliphatic carbocycles. The molecule has 72 valence electrons. The fourth-order valence-corrected chi connectivity index (χ4v) is 1.72. The summed E-state index contributed by atoms with van der Waals surface area (Å²) in [5.74, 6) is 0.751. The third-order valence-corrected chi connectivity index (χ3v) is 2.65. The van der Waals surface area contributed by atoms with E-state index in [1.165, 1.54) is 11.1 Å². The number of ketones is 1. The van der Waals surface area contributed by atoms with Gasteiger partial charge >= 0.3 is 0 Å². The van der Waals surface area contributed by atoms with Crippen molar-refractivity contribution in [1.29, 1.82) is 0 Å². The second-order valence-electron chi connectivity index (χ2n) is 4.09. The highest BCUT2D eigenvalue weighted by Gasteiger charge is 2.11. The molecule has 0 fully saturated rings. The molecule has 0 radical (unpaired) electrons. The molecule has 0 N–H and O–H groups in total. The lowest BCUT2D eigenvalue weighted by Crippen LogP contribution is -2.05. The van der Waals surface area contributed by atoms with Gasteiger partial charge in [-0.1, -0.05) is 38.1 Å². The molecule has 0 unspecified atom stereocenters. The van der Waals surface area contributed by atoms with Gasteiger partial charge in [-0.05, 0) is 28.7 Å². The maximum atomic E-state index is 11.2. The molecule has 14 heavy (non-hydrogen) atoms. The molecule has 0 aromatic heterocycles. The summed E-state index contributed by atoms with van der Waals surface area (Å²) >= 11 is 0. The van der Waals surface area contributed by atoms with E-state index in [2.05, 4.69) is 32.0 Å². The van der Waals surface area contributed by atoms with E-state index >= 15 is 0 Å². The highest BCUT2D eigenvalue weighted by atomic mass is 16.1. The molecule has 0 saturated heterocycles. The molecule has 1 aromatic rings. The monoisotopic (exact) mass is 186 g/mol. The lowest BCUT2D eigenvalue weighted by molar-refractivity contribution is -0.114. The Morgan fingerprint density at radius 3 is 2.71 bits per heavy atom. The Bertz CT molecular complexity index is 400. The summed E-state index contributed by atoms with van der Waals surface area (Å²) in [4.78, 5) is 11.2. The van der Waals surface area contributed by atoms with Gasteiger partial charge in [-0.3, -0.25) is 4.79 Å². The van der Waals surface area contributed by atoms with Gasteiger partial charge in [0.2, 0.25) is 0 Å². The van der Waals surface area contributed by atoms with Crippen LogP contribution in [-0.4, -0.2) is 5.78 Å². The van der Waals surface area contributed by atoms with Crippen LogP contribution in [0, 0.1) is 0 Å². The molecule has 0 saturated carbocycles. The Balaban J connectivity index is 2.44. The molecule has 1 aromatic carbocycles. The SMILES string of the molecule is CC(C)c1ccc2c(c1)C=CC(=O)C2. The largest absolute Gasteiger partial charge is 0.294 e. The maximum absolute atomic E-state index is 11.2. The lowest BCUT2D eigenvalue weighted by atomic mass is 9.92. The fraction of sp³-hybridized carbons (Fsp3) is 0.308. The van der Waals surface area contributed by atoms with Crippen LogP contribution in [0.25, 0.3) is 6.08 Å². The standard InChI is InChI=1S/C13H14O/c1-9(2)10-3-4-12-8-13(14)6-5-11(12)7-10/h3-7,9H,8H2,1-2H3. The number of hydrogen-bond donors (Lipinski definition) is 0. The van der Waals surface area contributed by atoms with Crippen LogP contribution in [0.15, 0.2) is 24.3 Å². The summed E-state index contributed by atoms with van der Waals surface area (Å²) in [5.41, 5.74) is 3.69. The lowest BCUT2D eigenvalue weighted by Gasteiger charge is -2.13. The van der Waals surface area contributed by atoms with Crippen molar-refractivity contribution in [3.63, 3.8) is 0 Å². The molecule has 1 heteroatoms. The second-order valence-corrected chi connectivity index (χ2v) is 4.09. The number of carbonyl (C=O) groups is 1. The molecule has 0 bridgehead atoms. The maximum Gasteiger partial charge on any atom is 0.160 e. The number of benzene rings is 1. The highest BCUT2D eigenvalue weighted by Crippen LogP contribution is 2.22. The molecule has 0 heterocycles. The molecule has 1 aliphatic rings. The van der Waals surface area contributed by atoms with E-state index in [1.807, 2.05) is 6.08 Å². The minimum absolute atomic E-state index is 0.204. The van der Waals surface area contributed by atoms with Gasteiger partial charge in [0.05, 0.1) is 0 Å². The van der Waals surface area contributed by atoms with Gasteiger partial charge < -0.3 is 0 Å². The Hall–Kier alpha value is -1.37. The van der Waals surface area contributed by atoms with Crippen LogP contribution in [-0.2, 0) is 11.2 Å². The smallest absolute Gasteiger partial charge is 0.160 e. The minimum atomic E-state index is 0.204. The predicted molar refractivity (Wildman–Crippen MR) is 58.3 cm³/mol. The molecule has 1 nitrogen and oxygen atoms in total. The molecular formula is C13H14O. The van der Waals surface area contributed by atoms with Crippen molar-refractivity contribution in [1.82, 2.24) is 0 Å². The molecule has 0 aliphatic heterocycles. The summed E-state index contributed by atoms with van der Waals surface area (Å²) in [5, 5.41) is 0. The third-order valence-electron chi connectivity index (χ3n) is 2.65. The van der Waals surface area contributed by atoms with Crippen molar-refractivity contribution < 1.29 is 4.79 Å². The van der Waals surface area contributed by atoms with Crippen LogP contribution in [0.2, 0.25) is 0 Å². The summed E-state index contributed by atoms with van der Waals surface area (Å²) in [6.07, 6.45) is 4.16. The van der Waals surface area contributed by atoms with E-state index < -0.39 is 0 Å². The first kappa shape index (κ1) is 9.20. The summed E-state index contributed by atoms with van der Waals surface area (Å²) in [7, 11) is 0. The fourth-order valence-electron chi connectivity index (χ4n) is 1.72. The third kappa shape index (κ3) is 1.63. The number of hydrogen-bond acceptors (Lipinski definition) is 1. The van der Waals surface area contributed by atoms with Crippen LogP contribution in [0.3, 0.4) is 0 Å². The molecule has 2 rings (SSSR count). The second kappa shape index (κ2) is 3.41. The number of rotatable bonds is 1. The van der Waals surface area contributed by atoms with Crippen LogP contribution in [0.5, 0.6) is 0 Å². The van der Waals surface area contributed by atoms with Crippen molar-refractivity contribution in [2.75, 3.05) is 0 Å². The topological polar surface area (TPSA) is 17.1 Å². The van der Waals surface area contributed by atoms with E-state index in [9.17, 15) is 4.79 Å². The predicted octanol–water partition coefficient (Wildman–Crippen LogP) is 2.95.